The minimum atomic E-state index is -0.0808. The van der Waals surface area contributed by atoms with E-state index in [4.69, 9.17) is 4.74 Å². The van der Waals surface area contributed by atoms with Gasteiger partial charge in [-0.05, 0) is 48.4 Å². The Hall–Kier alpha value is -3.12. The lowest BCUT2D eigenvalue weighted by Gasteiger charge is -2.09. The van der Waals surface area contributed by atoms with Crippen LogP contribution in [-0.4, -0.2) is 29.1 Å². The van der Waals surface area contributed by atoms with Crippen LogP contribution in [0.25, 0.3) is 15.3 Å². The normalized spacial score (nSPS) is 10.9. The Labute approximate surface area is 161 Å². The van der Waals surface area contributed by atoms with E-state index in [9.17, 15) is 4.79 Å². The maximum absolute atomic E-state index is 12.5. The number of para-hydroxylation sites is 1. The number of carbonyl (C=O) groups is 1. The fourth-order valence-corrected chi connectivity index (χ4v) is 3.92. The van der Waals surface area contributed by atoms with E-state index in [1.807, 2.05) is 71.6 Å². The van der Waals surface area contributed by atoms with E-state index in [1.54, 1.807) is 18.4 Å². The van der Waals surface area contributed by atoms with E-state index < -0.39 is 0 Å². The average molecular weight is 377 g/mol. The van der Waals surface area contributed by atoms with Crippen LogP contribution in [0.2, 0.25) is 0 Å². The molecular formula is C21H19N3O2S. The zero-order valence-electron chi connectivity index (χ0n) is 14.9. The van der Waals surface area contributed by atoms with Crippen LogP contribution in [0, 0.1) is 0 Å². The summed E-state index contributed by atoms with van der Waals surface area (Å²) in [6.07, 6.45) is 4.64. The van der Waals surface area contributed by atoms with Crippen LogP contribution in [0.4, 0.5) is 0 Å². The van der Waals surface area contributed by atoms with Crippen LogP contribution in [0.1, 0.15) is 15.9 Å². The van der Waals surface area contributed by atoms with Crippen molar-refractivity contribution < 1.29 is 9.53 Å². The minimum Gasteiger partial charge on any atom is -0.496 e. The van der Waals surface area contributed by atoms with Crippen molar-refractivity contribution >= 4 is 27.5 Å². The van der Waals surface area contributed by atoms with Gasteiger partial charge in [-0.2, -0.15) is 0 Å². The highest BCUT2D eigenvalue weighted by atomic mass is 32.1. The second-order valence-corrected chi connectivity index (χ2v) is 7.10. The number of methoxy groups -OCH3 is 1. The molecule has 0 aliphatic carbocycles. The number of hydrogen-bond donors (Lipinski definition) is 1. The smallest absolute Gasteiger partial charge is 0.251 e. The Bertz CT molecular complexity index is 1070. The Morgan fingerprint density at radius 3 is 2.78 bits per heavy atom. The van der Waals surface area contributed by atoms with Gasteiger partial charge in [-0.15, -0.1) is 0 Å². The number of hydrogen-bond acceptors (Lipinski definition) is 4. The molecule has 0 saturated heterocycles. The van der Waals surface area contributed by atoms with Gasteiger partial charge in [0.1, 0.15) is 5.75 Å². The highest BCUT2D eigenvalue weighted by molar-refractivity contribution is 7.20. The third kappa shape index (κ3) is 3.71. The predicted octanol–water partition coefficient (Wildman–Crippen LogP) is 4.07. The molecule has 0 fully saturated rings. The summed E-state index contributed by atoms with van der Waals surface area (Å²) < 4.78 is 8.31. The zero-order valence-corrected chi connectivity index (χ0v) is 15.7. The molecule has 0 bridgehead atoms. The molecule has 6 heteroatoms. The quantitative estimate of drug-likeness (QED) is 0.551. The lowest BCUT2D eigenvalue weighted by Crippen LogP contribution is -2.25. The first-order valence-electron chi connectivity index (χ1n) is 8.68. The number of ether oxygens (including phenoxy) is 1. The van der Waals surface area contributed by atoms with Crippen LogP contribution in [-0.2, 0) is 6.42 Å². The van der Waals surface area contributed by atoms with Gasteiger partial charge in [0.15, 0.2) is 5.13 Å². The number of amides is 1. The minimum absolute atomic E-state index is 0.0808. The van der Waals surface area contributed by atoms with E-state index in [2.05, 4.69) is 10.3 Å². The SMILES string of the molecule is COc1ccccc1CCNC(=O)c1ccc2nc(-n3cccc3)sc2c1. The van der Waals surface area contributed by atoms with Gasteiger partial charge in [-0.3, -0.25) is 4.79 Å². The van der Waals surface area contributed by atoms with Crippen LogP contribution in [0.5, 0.6) is 5.75 Å². The number of aromatic nitrogens is 2. The van der Waals surface area contributed by atoms with E-state index in [0.717, 1.165) is 33.1 Å². The van der Waals surface area contributed by atoms with Gasteiger partial charge in [0, 0.05) is 24.5 Å². The Morgan fingerprint density at radius 2 is 1.96 bits per heavy atom. The van der Waals surface area contributed by atoms with Crippen molar-refractivity contribution in [2.24, 2.45) is 0 Å². The molecule has 0 spiro atoms. The summed E-state index contributed by atoms with van der Waals surface area (Å²) in [5, 5.41) is 3.87. The summed E-state index contributed by atoms with van der Waals surface area (Å²) in [7, 11) is 1.66. The molecule has 0 aliphatic heterocycles. The summed E-state index contributed by atoms with van der Waals surface area (Å²) >= 11 is 1.57. The molecule has 27 heavy (non-hydrogen) atoms. The molecule has 0 aliphatic rings. The number of fused-ring (bicyclic) bond motifs is 1. The maximum atomic E-state index is 12.5. The van der Waals surface area contributed by atoms with Crippen LogP contribution in [0.3, 0.4) is 0 Å². The third-order valence-corrected chi connectivity index (χ3v) is 5.37. The molecule has 4 rings (SSSR count). The lowest BCUT2D eigenvalue weighted by atomic mass is 10.1. The molecule has 2 aromatic heterocycles. The summed E-state index contributed by atoms with van der Waals surface area (Å²) in [6.45, 7) is 0.550. The summed E-state index contributed by atoms with van der Waals surface area (Å²) in [5.74, 6) is 0.762. The van der Waals surface area contributed by atoms with Crippen molar-refractivity contribution in [1.29, 1.82) is 0 Å². The second-order valence-electron chi connectivity index (χ2n) is 6.09. The van der Waals surface area contributed by atoms with Crippen molar-refractivity contribution in [3.05, 3.63) is 78.1 Å². The van der Waals surface area contributed by atoms with Gasteiger partial charge < -0.3 is 14.6 Å². The summed E-state index contributed by atoms with van der Waals surface area (Å²) in [5.41, 5.74) is 2.62. The standard InChI is InChI=1S/C21H19N3O2S/c1-26-18-7-3-2-6-15(18)10-11-22-20(25)16-8-9-17-19(14-16)27-21(23-17)24-12-4-5-13-24/h2-9,12-14H,10-11H2,1H3,(H,22,25). The maximum Gasteiger partial charge on any atom is 0.251 e. The summed E-state index contributed by atoms with van der Waals surface area (Å²) in [4.78, 5) is 17.1. The molecule has 0 atom stereocenters. The highest BCUT2D eigenvalue weighted by Gasteiger charge is 2.10. The largest absolute Gasteiger partial charge is 0.496 e. The van der Waals surface area contributed by atoms with Crippen molar-refractivity contribution in [2.45, 2.75) is 6.42 Å². The van der Waals surface area contributed by atoms with Crippen molar-refractivity contribution in [1.82, 2.24) is 14.9 Å². The molecule has 136 valence electrons. The first-order chi connectivity index (χ1) is 13.2. The summed E-state index contributed by atoms with van der Waals surface area (Å²) in [6, 6.07) is 17.4. The van der Waals surface area contributed by atoms with Gasteiger partial charge in [0.2, 0.25) is 0 Å². The fraction of sp³-hybridized carbons (Fsp3) is 0.143. The first kappa shape index (κ1) is 17.3. The molecule has 0 unspecified atom stereocenters. The van der Waals surface area contributed by atoms with Gasteiger partial charge in [-0.25, -0.2) is 4.98 Å². The molecule has 2 heterocycles. The molecule has 4 aromatic rings. The molecule has 1 amide bonds. The van der Waals surface area contributed by atoms with E-state index >= 15 is 0 Å². The molecular weight excluding hydrogens is 358 g/mol. The monoisotopic (exact) mass is 377 g/mol. The lowest BCUT2D eigenvalue weighted by molar-refractivity contribution is 0.0954. The Kier molecular flexibility index (Phi) is 4.89. The Morgan fingerprint density at radius 1 is 1.15 bits per heavy atom. The molecule has 5 nitrogen and oxygen atoms in total. The van der Waals surface area contributed by atoms with E-state index in [-0.39, 0.29) is 5.91 Å². The molecule has 2 aromatic carbocycles. The number of rotatable bonds is 6. The first-order valence-corrected chi connectivity index (χ1v) is 9.50. The number of nitrogens with zero attached hydrogens (tertiary/aromatic N) is 2. The van der Waals surface area contributed by atoms with Gasteiger partial charge in [0.25, 0.3) is 5.91 Å². The van der Waals surface area contributed by atoms with Crippen LogP contribution in [0.15, 0.2) is 67.0 Å². The second kappa shape index (κ2) is 7.63. The van der Waals surface area contributed by atoms with E-state index in [1.165, 1.54) is 0 Å². The van der Waals surface area contributed by atoms with Crippen LogP contribution < -0.4 is 10.1 Å². The predicted molar refractivity (Wildman–Crippen MR) is 108 cm³/mol. The molecule has 1 N–H and O–H groups in total. The van der Waals surface area contributed by atoms with Crippen molar-refractivity contribution in [2.75, 3.05) is 13.7 Å². The van der Waals surface area contributed by atoms with Crippen molar-refractivity contribution in [3.8, 4) is 10.9 Å². The average Bonchev–Trinajstić information content (AvgIpc) is 3.37. The van der Waals surface area contributed by atoms with E-state index in [0.29, 0.717) is 12.1 Å². The molecule has 0 radical (unpaired) electrons. The number of carbonyl (C=O) groups excluding carboxylic acids is 1. The molecule has 0 saturated carbocycles. The topological polar surface area (TPSA) is 56.1 Å². The van der Waals surface area contributed by atoms with Gasteiger partial charge >= 0.3 is 0 Å². The number of benzene rings is 2. The van der Waals surface area contributed by atoms with Gasteiger partial charge in [0.05, 0.1) is 17.3 Å². The number of nitrogens with one attached hydrogen (secondary N) is 1. The highest BCUT2D eigenvalue weighted by Crippen LogP contribution is 2.26. The fourth-order valence-electron chi connectivity index (χ4n) is 2.95. The zero-order chi connectivity index (χ0) is 18.6. The van der Waals surface area contributed by atoms with Crippen LogP contribution >= 0.6 is 11.3 Å². The third-order valence-electron chi connectivity index (χ3n) is 4.34. The Balaban J connectivity index is 1.44. The van der Waals surface area contributed by atoms with Crippen molar-refractivity contribution in [3.63, 3.8) is 0 Å². The van der Waals surface area contributed by atoms with Gasteiger partial charge in [-0.1, -0.05) is 29.5 Å². The number of thiazole rings is 1.